The number of hydrogen-bond donors (Lipinski definition) is 2. The summed E-state index contributed by atoms with van der Waals surface area (Å²) < 4.78 is 26.2. The van der Waals surface area contributed by atoms with Crippen LogP contribution in [-0.2, 0) is 16.6 Å². The van der Waals surface area contributed by atoms with Crippen molar-refractivity contribution >= 4 is 40.0 Å². The van der Waals surface area contributed by atoms with Gasteiger partial charge in [-0.15, -0.1) is 24.0 Å². The Kier molecular flexibility index (Phi) is 13.0. The van der Waals surface area contributed by atoms with Crippen molar-refractivity contribution in [2.24, 2.45) is 4.99 Å². The third-order valence-corrected chi connectivity index (χ3v) is 7.65. The average molecular weight is 566 g/mol. The van der Waals surface area contributed by atoms with Crippen LogP contribution in [0.2, 0.25) is 0 Å². The second-order valence-corrected chi connectivity index (χ2v) is 9.92. The van der Waals surface area contributed by atoms with Gasteiger partial charge in [0.1, 0.15) is 0 Å². The number of hydrogen-bond acceptors (Lipinski definition) is 4. The molecule has 0 bridgehead atoms. The molecule has 0 aromatic heterocycles. The third-order valence-electron chi connectivity index (χ3n) is 5.65. The lowest BCUT2D eigenvalue weighted by Crippen LogP contribution is -2.51. The summed E-state index contributed by atoms with van der Waals surface area (Å²) in [4.78, 5) is 7.05. The van der Waals surface area contributed by atoms with Crippen molar-refractivity contribution in [2.75, 3.05) is 38.5 Å². The second kappa shape index (κ2) is 14.3. The van der Waals surface area contributed by atoms with Crippen molar-refractivity contribution < 1.29 is 8.42 Å². The maximum Gasteiger partial charge on any atom is 0.215 e. The molecule has 2 N–H and O–H groups in total. The molecule has 2 rings (SSSR count). The number of nitrogens with one attached hydrogen (secondary N) is 2. The monoisotopic (exact) mass is 565 g/mol. The van der Waals surface area contributed by atoms with E-state index in [-0.39, 0.29) is 36.3 Å². The molecule has 1 aliphatic heterocycles. The Labute approximate surface area is 206 Å². The van der Waals surface area contributed by atoms with E-state index in [0.717, 1.165) is 32.5 Å². The van der Waals surface area contributed by atoms with E-state index in [9.17, 15) is 8.42 Å². The highest BCUT2D eigenvalue weighted by atomic mass is 127. The maximum absolute atomic E-state index is 12.4. The fourth-order valence-electron chi connectivity index (χ4n) is 3.94. The zero-order valence-corrected chi connectivity index (χ0v) is 22.5. The molecule has 0 radical (unpaired) electrons. The summed E-state index contributed by atoms with van der Waals surface area (Å²) in [7, 11) is -3.25. The SMILES string of the molecule is CCNC(=NCCS(=O)(=O)N(CC)CC)NC1CCN(Cc2ccccc2)C(C)C1.I. The van der Waals surface area contributed by atoms with Gasteiger partial charge in [-0.25, -0.2) is 12.7 Å². The first-order valence-corrected chi connectivity index (χ1v) is 12.8. The summed E-state index contributed by atoms with van der Waals surface area (Å²) in [5, 5.41) is 6.78. The number of halogens is 1. The van der Waals surface area contributed by atoms with E-state index in [0.29, 0.717) is 31.1 Å². The number of sulfonamides is 1. The molecular formula is C22H40IN5O2S. The molecule has 31 heavy (non-hydrogen) atoms. The van der Waals surface area contributed by atoms with Crippen molar-refractivity contribution in [1.82, 2.24) is 19.8 Å². The highest BCUT2D eigenvalue weighted by molar-refractivity contribution is 14.0. The van der Waals surface area contributed by atoms with E-state index in [1.165, 1.54) is 9.87 Å². The van der Waals surface area contributed by atoms with Gasteiger partial charge in [-0.1, -0.05) is 44.2 Å². The van der Waals surface area contributed by atoms with Crippen molar-refractivity contribution in [3.8, 4) is 0 Å². The highest BCUT2D eigenvalue weighted by Gasteiger charge is 2.26. The van der Waals surface area contributed by atoms with Crippen LogP contribution in [0.5, 0.6) is 0 Å². The first-order chi connectivity index (χ1) is 14.4. The summed E-state index contributed by atoms with van der Waals surface area (Å²) in [6.07, 6.45) is 2.08. The molecule has 1 fully saturated rings. The highest BCUT2D eigenvalue weighted by Crippen LogP contribution is 2.19. The van der Waals surface area contributed by atoms with Crippen LogP contribution >= 0.6 is 24.0 Å². The molecule has 1 aliphatic rings. The van der Waals surface area contributed by atoms with Gasteiger partial charge in [0.2, 0.25) is 10.0 Å². The fraction of sp³-hybridized carbons (Fsp3) is 0.682. The quantitative estimate of drug-likeness (QED) is 0.259. The Morgan fingerprint density at radius 3 is 2.45 bits per heavy atom. The molecular weight excluding hydrogens is 525 g/mol. The molecule has 9 heteroatoms. The number of nitrogens with zero attached hydrogens (tertiary/aromatic N) is 3. The molecule has 0 spiro atoms. The predicted octanol–water partition coefficient (Wildman–Crippen LogP) is 2.88. The largest absolute Gasteiger partial charge is 0.357 e. The van der Waals surface area contributed by atoms with Crippen LogP contribution in [0, 0.1) is 0 Å². The molecule has 1 heterocycles. The minimum atomic E-state index is -3.25. The van der Waals surface area contributed by atoms with Crippen molar-refractivity contribution in [3.05, 3.63) is 35.9 Å². The Morgan fingerprint density at radius 2 is 1.87 bits per heavy atom. The van der Waals surface area contributed by atoms with Gasteiger partial charge in [-0.05, 0) is 32.3 Å². The van der Waals surface area contributed by atoms with Gasteiger partial charge in [0.05, 0.1) is 12.3 Å². The van der Waals surface area contributed by atoms with Crippen LogP contribution in [0.4, 0.5) is 0 Å². The van der Waals surface area contributed by atoms with E-state index < -0.39 is 10.0 Å². The molecule has 1 aromatic carbocycles. The molecule has 178 valence electrons. The topological polar surface area (TPSA) is 77.0 Å². The summed E-state index contributed by atoms with van der Waals surface area (Å²) in [5.74, 6) is 0.748. The smallest absolute Gasteiger partial charge is 0.215 e. The summed E-state index contributed by atoms with van der Waals surface area (Å²) in [5.41, 5.74) is 1.35. The summed E-state index contributed by atoms with van der Waals surface area (Å²) in [6, 6.07) is 11.4. The number of benzene rings is 1. The maximum atomic E-state index is 12.4. The molecule has 2 atom stereocenters. The van der Waals surface area contributed by atoms with Crippen molar-refractivity contribution in [2.45, 2.75) is 59.2 Å². The van der Waals surface area contributed by atoms with E-state index >= 15 is 0 Å². The zero-order chi connectivity index (χ0) is 22.0. The third kappa shape index (κ3) is 9.23. The number of rotatable bonds is 10. The van der Waals surface area contributed by atoms with Crippen LogP contribution in [0.25, 0.3) is 0 Å². The number of piperidine rings is 1. The normalized spacial score (nSPS) is 20.4. The molecule has 0 amide bonds. The number of guanidine groups is 1. The first kappa shape index (κ1) is 28.1. The van der Waals surface area contributed by atoms with Crippen LogP contribution < -0.4 is 10.6 Å². The lowest BCUT2D eigenvalue weighted by atomic mass is 9.97. The Balaban J connectivity index is 0.00000480. The Hall–Kier alpha value is -0.910. The van der Waals surface area contributed by atoms with Crippen LogP contribution in [-0.4, -0.2) is 74.1 Å². The minimum absolute atomic E-state index is 0. The second-order valence-electron chi connectivity index (χ2n) is 7.83. The van der Waals surface area contributed by atoms with E-state index in [2.05, 4.69) is 57.8 Å². The lowest BCUT2D eigenvalue weighted by molar-refractivity contribution is 0.134. The van der Waals surface area contributed by atoms with Crippen LogP contribution in [0.15, 0.2) is 35.3 Å². The van der Waals surface area contributed by atoms with Gasteiger partial charge < -0.3 is 10.6 Å². The number of likely N-dealkylation sites (tertiary alicyclic amines) is 1. The summed E-state index contributed by atoms with van der Waals surface area (Å²) >= 11 is 0. The van der Waals surface area contributed by atoms with Gasteiger partial charge >= 0.3 is 0 Å². The summed E-state index contributed by atoms with van der Waals surface area (Å²) in [6.45, 7) is 12.0. The lowest BCUT2D eigenvalue weighted by Gasteiger charge is -2.38. The number of aliphatic imine (C=N–C) groups is 1. The molecule has 0 aliphatic carbocycles. The van der Waals surface area contributed by atoms with E-state index in [4.69, 9.17) is 0 Å². The Bertz CT molecular complexity index is 756. The molecule has 7 nitrogen and oxygen atoms in total. The molecule has 1 aromatic rings. The molecule has 1 saturated heterocycles. The minimum Gasteiger partial charge on any atom is -0.357 e. The molecule has 0 saturated carbocycles. The zero-order valence-electron chi connectivity index (χ0n) is 19.4. The predicted molar refractivity (Wildman–Crippen MR) is 141 cm³/mol. The van der Waals surface area contributed by atoms with Gasteiger partial charge in [0.15, 0.2) is 5.96 Å². The first-order valence-electron chi connectivity index (χ1n) is 11.2. The van der Waals surface area contributed by atoms with Gasteiger partial charge in [-0.3, -0.25) is 9.89 Å². The van der Waals surface area contributed by atoms with Crippen LogP contribution in [0.3, 0.4) is 0 Å². The van der Waals surface area contributed by atoms with Crippen molar-refractivity contribution in [3.63, 3.8) is 0 Å². The van der Waals surface area contributed by atoms with E-state index in [1.54, 1.807) is 0 Å². The standard InChI is InChI=1S/C22H39N5O2S.HI/c1-5-23-22(24-14-16-30(28,29)27(6-2)7-3)25-21-13-15-26(19(4)17-21)18-20-11-9-8-10-12-20;/h8-12,19,21H,5-7,13-18H2,1-4H3,(H2,23,24,25);1H. The van der Waals surface area contributed by atoms with Gasteiger partial charge in [0.25, 0.3) is 0 Å². The average Bonchev–Trinajstić information content (AvgIpc) is 2.71. The van der Waals surface area contributed by atoms with Crippen molar-refractivity contribution in [1.29, 1.82) is 0 Å². The fourth-order valence-corrected chi connectivity index (χ4v) is 5.30. The molecule has 2 unspecified atom stereocenters. The van der Waals surface area contributed by atoms with Gasteiger partial charge in [0, 0.05) is 44.8 Å². The van der Waals surface area contributed by atoms with Gasteiger partial charge in [-0.2, -0.15) is 0 Å². The van der Waals surface area contributed by atoms with E-state index in [1.807, 2.05) is 20.8 Å². The Morgan fingerprint density at radius 1 is 1.19 bits per heavy atom. The van der Waals surface area contributed by atoms with Crippen LogP contribution in [0.1, 0.15) is 46.1 Å².